The summed E-state index contributed by atoms with van der Waals surface area (Å²) in [7, 11) is 0. The first-order chi connectivity index (χ1) is 21.1. The zero-order valence-electron chi connectivity index (χ0n) is 23.7. The van der Waals surface area contributed by atoms with E-state index < -0.39 is 5.82 Å². The minimum absolute atomic E-state index is 0.103. The highest BCUT2D eigenvalue weighted by molar-refractivity contribution is 5.81. The number of aromatic nitrogens is 6. The standard InChI is InChI=1S/C32H32FN9O/c33-25-15-28-27(35-9-10-36-28)14-23(25)32-37-8-5-30(41-32)40-31-16-29(42-11-1-2-22(34)19-42)24(18-39-31)21-3-4-26(38-17-21)20-6-12-43-13-7-20/h3-5,8-10,14-18,20,22H,1-2,6-7,11-13,19,34H2,(H,37,39,40,41)/t22-/m0/s1. The molecule has 1 atom stereocenters. The molecule has 6 heterocycles. The van der Waals surface area contributed by atoms with Crippen LogP contribution >= 0.6 is 0 Å². The van der Waals surface area contributed by atoms with Crippen molar-refractivity contribution in [2.45, 2.75) is 37.6 Å². The molecule has 2 fully saturated rings. The number of ether oxygens (including phenoxy) is 1. The van der Waals surface area contributed by atoms with Crippen LogP contribution in [-0.2, 0) is 4.74 Å². The van der Waals surface area contributed by atoms with Crippen molar-refractivity contribution in [2.75, 3.05) is 36.5 Å². The van der Waals surface area contributed by atoms with Crippen LogP contribution in [0, 0.1) is 5.82 Å². The lowest BCUT2D eigenvalue weighted by Crippen LogP contribution is -2.43. The molecule has 11 heteroatoms. The lowest BCUT2D eigenvalue weighted by Gasteiger charge is -2.34. The van der Waals surface area contributed by atoms with Gasteiger partial charge in [0.15, 0.2) is 5.82 Å². The predicted molar refractivity (Wildman–Crippen MR) is 163 cm³/mol. The summed E-state index contributed by atoms with van der Waals surface area (Å²) in [6, 6.07) is 11.1. The molecule has 0 spiro atoms. The van der Waals surface area contributed by atoms with Gasteiger partial charge in [0, 0.05) is 104 Å². The molecule has 0 aliphatic carbocycles. The lowest BCUT2D eigenvalue weighted by molar-refractivity contribution is 0.0845. The van der Waals surface area contributed by atoms with Crippen LogP contribution < -0.4 is 16.0 Å². The number of benzene rings is 1. The number of fused-ring (bicyclic) bond motifs is 1. The summed E-state index contributed by atoms with van der Waals surface area (Å²) >= 11 is 0. The molecule has 0 unspecified atom stereocenters. The molecule has 7 rings (SSSR count). The lowest BCUT2D eigenvalue weighted by atomic mass is 9.95. The van der Waals surface area contributed by atoms with E-state index in [2.05, 4.69) is 42.3 Å². The number of nitrogens with one attached hydrogen (secondary N) is 1. The van der Waals surface area contributed by atoms with Crippen molar-refractivity contribution in [2.24, 2.45) is 5.73 Å². The average Bonchev–Trinajstić information content (AvgIpc) is 3.05. The fourth-order valence-electron chi connectivity index (χ4n) is 5.87. The second kappa shape index (κ2) is 11.9. The second-order valence-electron chi connectivity index (χ2n) is 11.1. The van der Waals surface area contributed by atoms with Gasteiger partial charge in [-0.15, -0.1) is 0 Å². The highest BCUT2D eigenvalue weighted by Crippen LogP contribution is 2.35. The Morgan fingerprint density at radius 2 is 1.67 bits per heavy atom. The minimum Gasteiger partial charge on any atom is -0.381 e. The summed E-state index contributed by atoms with van der Waals surface area (Å²) < 4.78 is 20.5. The van der Waals surface area contributed by atoms with Gasteiger partial charge >= 0.3 is 0 Å². The van der Waals surface area contributed by atoms with Crippen LogP contribution in [0.15, 0.2) is 67.4 Å². The van der Waals surface area contributed by atoms with Gasteiger partial charge in [0.2, 0.25) is 0 Å². The quantitative estimate of drug-likeness (QED) is 0.276. The summed E-state index contributed by atoms with van der Waals surface area (Å²) in [4.78, 5) is 29.3. The number of hydrogen-bond donors (Lipinski definition) is 2. The molecule has 1 aromatic carbocycles. The van der Waals surface area contributed by atoms with Crippen molar-refractivity contribution in [3.05, 3.63) is 78.9 Å². The Morgan fingerprint density at radius 3 is 2.47 bits per heavy atom. The topological polar surface area (TPSA) is 128 Å². The molecule has 0 amide bonds. The van der Waals surface area contributed by atoms with Gasteiger partial charge in [-0.1, -0.05) is 6.07 Å². The van der Waals surface area contributed by atoms with Crippen molar-refractivity contribution >= 4 is 28.4 Å². The maximum Gasteiger partial charge on any atom is 0.164 e. The third-order valence-corrected chi connectivity index (χ3v) is 8.13. The van der Waals surface area contributed by atoms with E-state index in [1.54, 1.807) is 24.5 Å². The molecular formula is C32H32FN9O. The molecule has 0 bridgehead atoms. The Labute approximate surface area is 248 Å². The van der Waals surface area contributed by atoms with Gasteiger partial charge in [0.25, 0.3) is 0 Å². The molecule has 4 aromatic heterocycles. The van der Waals surface area contributed by atoms with E-state index in [1.165, 1.54) is 12.3 Å². The molecule has 218 valence electrons. The molecule has 0 saturated carbocycles. The number of hydrogen-bond acceptors (Lipinski definition) is 10. The van der Waals surface area contributed by atoms with Gasteiger partial charge < -0.3 is 20.7 Å². The molecule has 5 aromatic rings. The van der Waals surface area contributed by atoms with Crippen LogP contribution in [0.3, 0.4) is 0 Å². The summed E-state index contributed by atoms with van der Waals surface area (Å²) in [5, 5.41) is 3.29. The highest BCUT2D eigenvalue weighted by Gasteiger charge is 2.22. The maximum absolute atomic E-state index is 15.0. The number of pyridine rings is 2. The summed E-state index contributed by atoms with van der Waals surface area (Å²) in [6.07, 6.45) is 12.5. The zero-order chi connectivity index (χ0) is 29.2. The Bertz CT molecular complexity index is 1740. The molecule has 3 N–H and O–H groups in total. The summed E-state index contributed by atoms with van der Waals surface area (Å²) in [5.74, 6) is 1.31. The van der Waals surface area contributed by atoms with Crippen LogP contribution in [0.5, 0.6) is 0 Å². The van der Waals surface area contributed by atoms with Crippen LogP contribution in [0.2, 0.25) is 0 Å². The molecule has 10 nitrogen and oxygen atoms in total. The fraction of sp³-hybridized carbons (Fsp3) is 0.312. The highest BCUT2D eigenvalue weighted by atomic mass is 19.1. The van der Waals surface area contributed by atoms with Gasteiger partial charge in [-0.25, -0.2) is 19.3 Å². The Balaban J connectivity index is 1.19. The maximum atomic E-state index is 15.0. The predicted octanol–water partition coefficient (Wildman–Crippen LogP) is 5.25. The minimum atomic E-state index is -0.465. The van der Waals surface area contributed by atoms with E-state index in [9.17, 15) is 4.39 Å². The van der Waals surface area contributed by atoms with E-state index in [1.807, 2.05) is 18.5 Å². The molecule has 0 radical (unpaired) electrons. The SMILES string of the molecule is N[C@H]1CCCN(c2cc(Nc3ccnc(-c4cc5nccnc5cc4F)n3)ncc2-c2ccc(C3CCOCC3)nc2)C1. The number of nitrogens with two attached hydrogens (primary N) is 1. The number of piperidine rings is 1. The first kappa shape index (κ1) is 27.2. The monoisotopic (exact) mass is 577 g/mol. The molecular weight excluding hydrogens is 545 g/mol. The molecule has 2 aliphatic rings. The number of anilines is 3. The number of nitrogens with zero attached hydrogens (tertiary/aromatic N) is 7. The normalized spacial score (nSPS) is 17.7. The third kappa shape index (κ3) is 5.86. The first-order valence-electron chi connectivity index (χ1n) is 14.7. The third-order valence-electron chi connectivity index (χ3n) is 8.13. The van der Waals surface area contributed by atoms with E-state index >= 15 is 0 Å². The van der Waals surface area contributed by atoms with Gasteiger partial charge in [-0.05, 0) is 43.9 Å². The Morgan fingerprint density at radius 1 is 0.837 bits per heavy atom. The van der Waals surface area contributed by atoms with Crippen LogP contribution in [-0.4, -0.2) is 62.2 Å². The first-order valence-corrected chi connectivity index (χ1v) is 14.7. The zero-order valence-corrected chi connectivity index (χ0v) is 23.7. The molecule has 2 aliphatic heterocycles. The van der Waals surface area contributed by atoms with Crippen LogP contribution in [0.1, 0.15) is 37.3 Å². The second-order valence-corrected chi connectivity index (χ2v) is 11.1. The van der Waals surface area contributed by atoms with E-state index in [4.69, 9.17) is 20.4 Å². The Hall–Kier alpha value is -4.61. The smallest absolute Gasteiger partial charge is 0.164 e. The summed E-state index contributed by atoms with van der Waals surface area (Å²) in [6.45, 7) is 3.22. The van der Waals surface area contributed by atoms with Crippen LogP contribution in [0.25, 0.3) is 33.5 Å². The Kier molecular flexibility index (Phi) is 7.56. The van der Waals surface area contributed by atoms with Crippen molar-refractivity contribution < 1.29 is 9.13 Å². The van der Waals surface area contributed by atoms with Gasteiger partial charge in [-0.2, -0.15) is 0 Å². The number of rotatable bonds is 6. The van der Waals surface area contributed by atoms with Crippen molar-refractivity contribution in [3.8, 4) is 22.5 Å². The van der Waals surface area contributed by atoms with Gasteiger partial charge in [-0.3, -0.25) is 15.0 Å². The summed E-state index contributed by atoms with van der Waals surface area (Å²) in [5.41, 5.74) is 11.8. The van der Waals surface area contributed by atoms with Crippen LogP contribution in [0.4, 0.5) is 21.7 Å². The van der Waals surface area contributed by atoms with Gasteiger partial charge in [0.05, 0.1) is 16.6 Å². The molecule has 2 saturated heterocycles. The van der Waals surface area contributed by atoms with Crippen molar-refractivity contribution in [3.63, 3.8) is 0 Å². The number of halogens is 1. The van der Waals surface area contributed by atoms with E-state index in [0.29, 0.717) is 28.6 Å². The molecule has 43 heavy (non-hydrogen) atoms. The van der Waals surface area contributed by atoms with Crippen molar-refractivity contribution in [1.29, 1.82) is 0 Å². The van der Waals surface area contributed by atoms with E-state index in [-0.39, 0.29) is 17.4 Å². The van der Waals surface area contributed by atoms with Crippen molar-refractivity contribution in [1.82, 2.24) is 29.9 Å². The average molecular weight is 578 g/mol. The fourth-order valence-corrected chi connectivity index (χ4v) is 5.87. The van der Waals surface area contributed by atoms with E-state index in [0.717, 1.165) is 74.5 Å². The van der Waals surface area contributed by atoms with Gasteiger partial charge in [0.1, 0.15) is 17.5 Å². The largest absolute Gasteiger partial charge is 0.381 e.